The van der Waals surface area contributed by atoms with Gasteiger partial charge in [0, 0.05) is 31.3 Å². The lowest BCUT2D eigenvalue weighted by atomic mass is 10.1. The number of ether oxygens (including phenoxy) is 1. The van der Waals surface area contributed by atoms with Crippen molar-refractivity contribution in [3.05, 3.63) is 49.3 Å². The highest BCUT2D eigenvalue weighted by Crippen LogP contribution is 2.07. The van der Waals surface area contributed by atoms with E-state index in [2.05, 4.69) is 4.90 Å². The summed E-state index contributed by atoms with van der Waals surface area (Å²) in [6.07, 6.45) is 0. The molecule has 2 heterocycles. The molecule has 0 radical (unpaired) electrons. The zero-order valence-electron chi connectivity index (χ0n) is 13.5. The molecule has 132 valence electrons. The number of benzene rings is 1. The standard InChI is InChI=1S/C16H17N3O6/c20-14(21)10-18-13-2-1-11(9-12(13)15(22)16(18)23)19(24)4-3-17-5-7-25-8-6-17/h1-2,9H,3-8,10H2/p+1/b19-11+. The Kier molecular flexibility index (Phi) is 4.86. The van der Waals surface area contributed by atoms with E-state index in [9.17, 15) is 19.6 Å². The Hall–Kier alpha value is -2.65. The van der Waals surface area contributed by atoms with Crippen molar-refractivity contribution in [1.29, 1.82) is 0 Å². The van der Waals surface area contributed by atoms with E-state index < -0.39 is 23.5 Å². The predicted molar refractivity (Wildman–Crippen MR) is 86.6 cm³/mol. The number of aromatic nitrogens is 1. The fourth-order valence-corrected chi connectivity index (χ4v) is 2.92. The first kappa shape index (κ1) is 17.2. The molecule has 9 heteroatoms. The van der Waals surface area contributed by atoms with Crippen molar-refractivity contribution in [3.63, 3.8) is 0 Å². The molecule has 3 rings (SSSR count). The maximum Gasteiger partial charge on any atom is 0.461 e. The van der Waals surface area contributed by atoms with Gasteiger partial charge in [-0.1, -0.05) is 0 Å². The summed E-state index contributed by atoms with van der Waals surface area (Å²) in [4.78, 5) is 36.9. The van der Waals surface area contributed by atoms with Crippen LogP contribution >= 0.6 is 0 Å². The van der Waals surface area contributed by atoms with Gasteiger partial charge in [-0.05, 0) is 0 Å². The summed E-state index contributed by atoms with van der Waals surface area (Å²) in [6.45, 7) is 3.04. The second-order valence-corrected chi connectivity index (χ2v) is 5.87. The minimum absolute atomic E-state index is 0.0657. The van der Waals surface area contributed by atoms with Crippen LogP contribution in [0.5, 0.6) is 0 Å². The van der Waals surface area contributed by atoms with E-state index in [0.717, 1.165) is 22.4 Å². The first-order valence-corrected chi connectivity index (χ1v) is 7.94. The zero-order chi connectivity index (χ0) is 18.0. The number of hydroxylamine groups is 1. The lowest BCUT2D eigenvalue weighted by molar-refractivity contribution is -0.686. The molecule has 1 saturated heterocycles. The molecule has 0 saturated carbocycles. The van der Waals surface area contributed by atoms with Gasteiger partial charge in [-0.25, -0.2) is 14.3 Å². The van der Waals surface area contributed by atoms with E-state index in [1.54, 1.807) is 0 Å². The lowest BCUT2D eigenvalue weighted by Gasteiger charge is -2.25. The van der Waals surface area contributed by atoms with E-state index in [-0.39, 0.29) is 23.2 Å². The molecule has 0 spiro atoms. The van der Waals surface area contributed by atoms with Crippen molar-refractivity contribution in [3.8, 4) is 11.3 Å². The van der Waals surface area contributed by atoms with Gasteiger partial charge >= 0.3 is 17.0 Å². The second kappa shape index (κ2) is 7.08. The number of carboxylic acid groups (broad SMARTS) is 1. The monoisotopic (exact) mass is 348 g/mol. The molecule has 2 aliphatic heterocycles. The van der Waals surface area contributed by atoms with Crippen molar-refractivity contribution in [2.24, 2.45) is 0 Å². The van der Waals surface area contributed by atoms with Gasteiger partial charge < -0.3 is 15.1 Å². The van der Waals surface area contributed by atoms with Crippen LogP contribution in [0.1, 0.15) is 0 Å². The summed E-state index contributed by atoms with van der Waals surface area (Å²) in [6, 6.07) is 4.28. The Morgan fingerprint density at radius 3 is 2.72 bits per heavy atom. The fourth-order valence-electron chi connectivity index (χ4n) is 2.92. The molecule has 25 heavy (non-hydrogen) atoms. The third-order valence-corrected chi connectivity index (χ3v) is 4.26. The van der Waals surface area contributed by atoms with Gasteiger partial charge in [0.2, 0.25) is 17.6 Å². The van der Waals surface area contributed by atoms with Crippen LogP contribution in [-0.2, 0) is 16.1 Å². The van der Waals surface area contributed by atoms with Gasteiger partial charge in [0.15, 0.2) is 6.54 Å². The molecule has 0 amide bonds. The average molecular weight is 348 g/mol. The highest BCUT2D eigenvalue weighted by molar-refractivity contribution is 5.66. The van der Waals surface area contributed by atoms with E-state index in [1.165, 1.54) is 18.2 Å². The van der Waals surface area contributed by atoms with Crippen LogP contribution in [0.15, 0.2) is 27.8 Å². The smallest absolute Gasteiger partial charge is 0.461 e. The summed E-state index contributed by atoms with van der Waals surface area (Å²) in [7, 11) is 0. The van der Waals surface area contributed by atoms with Crippen molar-refractivity contribution in [1.82, 2.24) is 9.64 Å². The number of fused-ring (bicyclic) bond motifs is 1. The first-order valence-electron chi connectivity index (χ1n) is 7.94. The molecular formula is C16H18N3O6+. The molecule has 0 aromatic rings. The Morgan fingerprint density at radius 2 is 2.04 bits per heavy atom. The summed E-state index contributed by atoms with van der Waals surface area (Å²) < 4.78 is 6.93. The Morgan fingerprint density at radius 1 is 1.32 bits per heavy atom. The normalized spacial score (nSPS) is 17.0. The van der Waals surface area contributed by atoms with Crippen LogP contribution in [0, 0.1) is 5.21 Å². The number of aliphatic carboxylic acids is 1. The number of carboxylic acids is 1. The van der Waals surface area contributed by atoms with Crippen molar-refractivity contribution in [2.75, 3.05) is 39.4 Å². The lowest BCUT2D eigenvalue weighted by Crippen LogP contribution is -2.53. The molecule has 1 fully saturated rings. The van der Waals surface area contributed by atoms with Crippen LogP contribution in [0.2, 0.25) is 0 Å². The van der Waals surface area contributed by atoms with E-state index in [1.807, 2.05) is 0 Å². The topological polar surface area (TPSA) is 114 Å². The number of carbonyl (C=O) groups is 1. The molecule has 0 atom stereocenters. The number of nitrogens with zero attached hydrogens (tertiary/aromatic N) is 3. The number of morpholine rings is 1. The van der Waals surface area contributed by atoms with E-state index >= 15 is 0 Å². The van der Waals surface area contributed by atoms with Crippen molar-refractivity contribution in [2.45, 2.75) is 6.54 Å². The molecule has 0 bridgehead atoms. The first-order chi connectivity index (χ1) is 12.0. The highest BCUT2D eigenvalue weighted by atomic mass is 16.5. The molecular weight excluding hydrogens is 330 g/mol. The van der Waals surface area contributed by atoms with Crippen molar-refractivity contribution >= 4 is 5.97 Å². The summed E-state index contributed by atoms with van der Waals surface area (Å²) in [5, 5.41) is 21.4. The van der Waals surface area contributed by atoms with Crippen molar-refractivity contribution < 1.29 is 19.2 Å². The molecule has 9 nitrogen and oxygen atoms in total. The molecule has 0 unspecified atom stereocenters. The van der Waals surface area contributed by atoms with Gasteiger partial charge in [-0.3, -0.25) is 9.69 Å². The molecule has 1 N–H and O–H groups in total. The van der Waals surface area contributed by atoms with E-state index in [4.69, 9.17) is 9.84 Å². The van der Waals surface area contributed by atoms with Crippen LogP contribution in [0.4, 0.5) is 0 Å². The molecule has 1 aliphatic carbocycles. The Balaban J connectivity index is 1.90. The van der Waals surface area contributed by atoms with Gasteiger partial charge in [-0.15, -0.1) is 4.57 Å². The summed E-state index contributed by atoms with van der Waals surface area (Å²) in [5.74, 6) is -1.21. The number of hydrogen-bond acceptors (Lipinski definition) is 6. The maximum atomic E-state index is 12.3. The van der Waals surface area contributed by atoms with Crippen LogP contribution < -0.4 is 25.7 Å². The third-order valence-electron chi connectivity index (χ3n) is 4.26. The Labute approximate surface area is 142 Å². The predicted octanol–water partition coefficient (Wildman–Crippen LogP) is -2.64. The summed E-state index contributed by atoms with van der Waals surface area (Å²) >= 11 is 0. The SMILES string of the molecule is O=C(O)C[n+]1c2cc/c(=[N+](\[O-])CCN3CCOCC3)cc-2c(=O)c1=O. The third kappa shape index (κ3) is 3.57. The van der Waals surface area contributed by atoms with Crippen LogP contribution in [0.3, 0.4) is 0 Å². The molecule has 0 aromatic carbocycles. The fraction of sp³-hybridized carbons (Fsp3) is 0.438. The second-order valence-electron chi connectivity index (χ2n) is 5.87. The Bertz CT molecular complexity index is 909. The minimum atomic E-state index is -1.21. The van der Waals surface area contributed by atoms with Gasteiger partial charge in [0.1, 0.15) is 5.56 Å². The zero-order valence-corrected chi connectivity index (χ0v) is 13.5. The minimum Gasteiger partial charge on any atom is -0.623 e. The largest absolute Gasteiger partial charge is 0.623 e. The number of hydrogen-bond donors (Lipinski definition) is 1. The van der Waals surface area contributed by atoms with Gasteiger partial charge in [0.05, 0.1) is 19.8 Å². The average Bonchev–Trinajstić information content (AvgIpc) is 2.84. The molecule has 3 aliphatic rings. The van der Waals surface area contributed by atoms with E-state index in [0.29, 0.717) is 19.8 Å². The van der Waals surface area contributed by atoms with Gasteiger partial charge in [-0.2, -0.15) is 0 Å². The molecule has 0 aromatic heterocycles. The number of rotatable bonds is 5. The van der Waals surface area contributed by atoms with Crippen LogP contribution in [-0.4, -0.2) is 55.4 Å². The van der Waals surface area contributed by atoms with Crippen LogP contribution in [0.25, 0.3) is 11.3 Å². The maximum absolute atomic E-state index is 12.3. The highest BCUT2D eigenvalue weighted by Gasteiger charge is 2.30. The quantitative estimate of drug-likeness (QED) is 0.357. The van der Waals surface area contributed by atoms with Gasteiger partial charge in [0.25, 0.3) is 0 Å². The summed E-state index contributed by atoms with van der Waals surface area (Å²) in [5.41, 5.74) is -1.39.